The zero-order valence-electron chi connectivity index (χ0n) is 15.6. The van der Waals surface area contributed by atoms with Crippen LogP contribution >= 0.6 is 0 Å². The molecule has 1 aliphatic heterocycles. The topological polar surface area (TPSA) is 101 Å². The summed E-state index contributed by atoms with van der Waals surface area (Å²) in [6.07, 6.45) is 1.62. The summed E-state index contributed by atoms with van der Waals surface area (Å²) >= 11 is 0. The van der Waals surface area contributed by atoms with E-state index in [2.05, 4.69) is 25.5 Å². The van der Waals surface area contributed by atoms with Gasteiger partial charge in [0.1, 0.15) is 23.0 Å². The molecule has 9 nitrogen and oxygen atoms in total. The van der Waals surface area contributed by atoms with Gasteiger partial charge in [-0.1, -0.05) is 0 Å². The largest absolute Gasteiger partial charge is 0.378 e. The molecule has 0 unspecified atom stereocenters. The van der Waals surface area contributed by atoms with E-state index in [0.29, 0.717) is 37.9 Å². The third-order valence-electron chi connectivity index (χ3n) is 4.24. The summed E-state index contributed by atoms with van der Waals surface area (Å²) in [6.45, 7) is 5.69. The van der Waals surface area contributed by atoms with E-state index in [0.717, 1.165) is 18.9 Å². The van der Waals surface area contributed by atoms with Crippen molar-refractivity contribution in [1.29, 1.82) is 0 Å². The molecule has 0 spiro atoms. The molecule has 3 rings (SSSR count). The van der Waals surface area contributed by atoms with Gasteiger partial charge in [0.05, 0.1) is 13.2 Å². The summed E-state index contributed by atoms with van der Waals surface area (Å²) in [7, 11) is 1.62. The van der Waals surface area contributed by atoms with Gasteiger partial charge in [-0.25, -0.2) is 9.97 Å². The fraction of sp³-hybridized carbons (Fsp3) is 0.444. The van der Waals surface area contributed by atoms with Crippen molar-refractivity contribution in [2.24, 2.45) is 7.05 Å². The molecule has 9 heteroatoms. The summed E-state index contributed by atoms with van der Waals surface area (Å²) in [5.74, 6) is 1.86. The molecule has 2 N–H and O–H groups in total. The molecule has 144 valence electrons. The number of pyridine rings is 1. The van der Waals surface area contributed by atoms with E-state index < -0.39 is 0 Å². The van der Waals surface area contributed by atoms with Gasteiger partial charge in [-0.3, -0.25) is 9.59 Å². The van der Waals surface area contributed by atoms with Crippen molar-refractivity contribution < 1.29 is 9.53 Å². The maximum absolute atomic E-state index is 12.1. The molecule has 27 heavy (non-hydrogen) atoms. The van der Waals surface area contributed by atoms with Gasteiger partial charge in [-0.05, 0) is 19.1 Å². The Bertz CT molecular complexity index is 860. The Labute approximate surface area is 157 Å². The predicted octanol–water partition coefficient (Wildman–Crippen LogP) is 0.162. The first-order valence-corrected chi connectivity index (χ1v) is 8.90. The normalized spacial score (nSPS) is 14.1. The minimum Gasteiger partial charge on any atom is -0.378 e. The number of amides is 1. The first-order valence-electron chi connectivity index (χ1n) is 8.90. The number of morpholine rings is 1. The average Bonchev–Trinajstić information content (AvgIpc) is 2.67. The Morgan fingerprint density at radius 3 is 2.81 bits per heavy atom. The minimum atomic E-state index is -0.383. The van der Waals surface area contributed by atoms with Gasteiger partial charge in [0.2, 0.25) is 0 Å². The van der Waals surface area contributed by atoms with Gasteiger partial charge in [-0.2, -0.15) is 0 Å². The van der Waals surface area contributed by atoms with Gasteiger partial charge < -0.3 is 24.8 Å². The van der Waals surface area contributed by atoms with E-state index in [1.54, 1.807) is 19.3 Å². The lowest BCUT2D eigenvalue weighted by Crippen LogP contribution is -2.37. The maximum atomic E-state index is 12.1. The van der Waals surface area contributed by atoms with Gasteiger partial charge in [0, 0.05) is 45.5 Å². The minimum absolute atomic E-state index is 0.132. The van der Waals surface area contributed by atoms with Gasteiger partial charge in [0.15, 0.2) is 0 Å². The lowest BCUT2D eigenvalue weighted by atomic mass is 10.2. The van der Waals surface area contributed by atoms with Crippen molar-refractivity contribution in [3.8, 4) is 0 Å². The van der Waals surface area contributed by atoms with Crippen molar-refractivity contribution >= 4 is 17.5 Å². The Kier molecular flexibility index (Phi) is 6.02. The van der Waals surface area contributed by atoms with Crippen LogP contribution in [0.1, 0.15) is 16.2 Å². The van der Waals surface area contributed by atoms with E-state index in [9.17, 15) is 9.59 Å². The van der Waals surface area contributed by atoms with E-state index in [1.165, 1.54) is 10.6 Å². The molecule has 1 fully saturated rings. The third-order valence-corrected chi connectivity index (χ3v) is 4.24. The smallest absolute Gasteiger partial charge is 0.263 e. The number of nitrogens with zero attached hydrogens (tertiary/aromatic N) is 4. The fourth-order valence-electron chi connectivity index (χ4n) is 2.83. The molecular formula is C18H24N6O3. The highest BCUT2D eigenvalue weighted by Gasteiger charge is 2.14. The number of hydrogen-bond acceptors (Lipinski definition) is 7. The van der Waals surface area contributed by atoms with Crippen LogP contribution in [0, 0.1) is 6.92 Å². The number of rotatable bonds is 6. The average molecular weight is 372 g/mol. The van der Waals surface area contributed by atoms with Crippen molar-refractivity contribution in [2.75, 3.05) is 49.6 Å². The highest BCUT2D eigenvalue weighted by molar-refractivity contribution is 5.93. The quantitative estimate of drug-likeness (QED) is 0.697. The lowest BCUT2D eigenvalue weighted by molar-refractivity contribution is 0.0953. The van der Waals surface area contributed by atoms with Crippen LogP contribution in [0.15, 0.2) is 29.2 Å². The number of nitrogens with one attached hydrogen (secondary N) is 2. The standard InChI is InChI=1S/C18H24N6O3/c1-13-21-15(12-16(22-13)24-8-10-27-11-9-24)19-5-6-20-17(25)14-4-3-7-23(2)18(14)26/h3-4,7,12H,5-6,8-11H2,1-2H3,(H,20,25)(H,19,21,22). The molecule has 0 radical (unpaired) electrons. The van der Waals surface area contributed by atoms with Crippen LogP contribution in [0.3, 0.4) is 0 Å². The summed E-state index contributed by atoms with van der Waals surface area (Å²) in [4.78, 5) is 35.1. The van der Waals surface area contributed by atoms with Crippen molar-refractivity contribution in [2.45, 2.75) is 6.92 Å². The van der Waals surface area contributed by atoms with Crippen LogP contribution in [0.25, 0.3) is 0 Å². The van der Waals surface area contributed by atoms with Gasteiger partial charge >= 0.3 is 0 Å². The highest BCUT2D eigenvalue weighted by Crippen LogP contribution is 2.16. The molecule has 0 aromatic carbocycles. The molecule has 0 aliphatic carbocycles. The first kappa shape index (κ1) is 18.8. The molecular weight excluding hydrogens is 348 g/mol. The SMILES string of the molecule is Cc1nc(NCCNC(=O)c2cccn(C)c2=O)cc(N2CCOCC2)n1. The maximum Gasteiger partial charge on any atom is 0.263 e. The van der Waals surface area contributed by atoms with Crippen molar-refractivity contribution in [3.05, 3.63) is 46.1 Å². The lowest BCUT2D eigenvalue weighted by Gasteiger charge is -2.28. The number of carbonyl (C=O) groups excluding carboxylic acids is 1. The number of ether oxygens (including phenoxy) is 1. The Balaban J connectivity index is 1.54. The highest BCUT2D eigenvalue weighted by atomic mass is 16.5. The van der Waals surface area contributed by atoms with E-state index in [4.69, 9.17) is 4.74 Å². The van der Waals surface area contributed by atoms with Crippen LogP contribution in [-0.4, -0.2) is 59.8 Å². The number of anilines is 2. The number of aromatic nitrogens is 3. The summed E-state index contributed by atoms with van der Waals surface area (Å²) < 4.78 is 6.75. The fourth-order valence-corrected chi connectivity index (χ4v) is 2.83. The Morgan fingerprint density at radius 2 is 2.04 bits per heavy atom. The number of aryl methyl sites for hydroxylation is 2. The van der Waals surface area contributed by atoms with Gasteiger partial charge in [-0.15, -0.1) is 0 Å². The van der Waals surface area contributed by atoms with E-state index >= 15 is 0 Å². The van der Waals surface area contributed by atoms with Gasteiger partial charge in [0.25, 0.3) is 11.5 Å². The summed E-state index contributed by atoms with van der Waals surface area (Å²) in [5.41, 5.74) is -0.183. The molecule has 0 saturated carbocycles. The molecule has 2 aromatic rings. The summed E-state index contributed by atoms with van der Waals surface area (Å²) in [6, 6.07) is 5.09. The zero-order chi connectivity index (χ0) is 19.2. The Morgan fingerprint density at radius 1 is 1.26 bits per heavy atom. The van der Waals surface area contributed by atoms with E-state index in [1.807, 2.05) is 13.0 Å². The number of hydrogen-bond donors (Lipinski definition) is 2. The van der Waals surface area contributed by atoms with Crippen LogP contribution in [0.2, 0.25) is 0 Å². The predicted molar refractivity (Wildman–Crippen MR) is 102 cm³/mol. The second-order valence-corrected chi connectivity index (χ2v) is 6.28. The van der Waals surface area contributed by atoms with Crippen LogP contribution in [-0.2, 0) is 11.8 Å². The number of carbonyl (C=O) groups is 1. The molecule has 0 atom stereocenters. The molecule has 0 bridgehead atoms. The van der Waals surface area contributed by atoms with Crippen molar-refractivity contribution in [1.82, 2.24) is 19.9 Å². The Hall–Kier alpha value is -2.94. The van der Waals surface area contributed by atoms with E-state index in [-0.39, 0.29) is 17.0 Å². The van der Waals surface area contributed by atoms with Crippen LogP contribution < -0.4 is 21.1 Å². The third kappa shape index (κ3) is 4.82. The second-order valence-electron chi connectivity index (χ2n) is 6.28. The molecule has 1 amide bonds. The van der Waals surface area contributed by atoms with Crippen LogP contribution in [0.5, 0.6) is 0 Å². The monoisotopic (exact) mass is 372 g/mol. The molecule has 1 aliphatic rings. The first-order chi connectivity index (χ1) is 13.0. The van der Waals surface area contributed by atoms with Crippen molar-refractivity contribution in [3.63, 3.8) is 0 Å². The molecule has 2 aromatic heterocycles. The summed E-state index contributed by atoms with van der Waals surface area (Å²) in [5, 5.41) is 5.94. The second kappa shape index (κ2) is 8.63. The molecule has 1 saturated heterocycles. The zero-order valence-corrected chi connectivity index (χ0v) is 15.6. The van der Waals surface area contributed by atoms with Crippen LogP contribution in [0.4, 0.5) is 11.6 Å². The molecule has 3 heterocycles.